The monoisotopic (exact) mass is 339 g/mol. The van der Waals surface area contributed by atoms with Crippen molar-refractivity contribution in [3.8, 4) is 0 Å². The van der Waals surface area contributed by atoms with Crippen molar-refractivity contribution in [2.45, 2.75) is 13.3 Å². The summed E-state index contributed by atoms with van der Waals surface area (Å²) < 4.78 is 0. The van der Waals surface area contributed by atoms with Gasteiger partial charge in [-0.05, 0) is 30.5 Å². The Balaban J connectivity index is 1.88. The van der Waals surface area contributed by atoms with Crippen molar-refractivity contribution < 1.29 is 9.59 Å². The smallest absolute Gasteiger partial charge is 0.274 e. The van der Waals surface area contributed by atoms with Gasteiger partial charge in [0, 0.05) is 23.7 Å². The molecule has 120 valence electrons. The highest BCUT2D eigenvalue weighted by Crippen LogP contribution is 2.22. The topological polar surface area (TPSA) is 72.0 Å². The van der Waals surface area contributed by atoms with Crippen molar-refractivity contribution in [2.24, 2.45) is 0 Å². The molecule has 0 unspecified atom stereocenters. The number of nitrogens with zero attached hydrogens (tertiary/aromatic N) is 2. The van der Waals surface area contributed by atoms with Gasteiger partial charge in [-0.15, -0.1) is 0 Å². The van der Waals surface area contributed by atoms with Crippen LogP contribution in [0.5, 0.6) is 0 Å². The first-order valence-corrected chi connectivity index (χ1v) is 7.72. The van der Waals surface area contributed by atoms with Crippen LogP contribution in [0.2, 0.25) is 5.15 Å². The molecule has 0 atom stereocenters. The van der Waals surface area contributed by atoms with E-state index < -0.39 is 0 Å². The summed E-state index contributed by atoms with van der Waals surface area (Å²) in [5.41, 5.74) is 1.26. The second kappa shape index (κ2) is 6.76. The second-order valence-corrected chi connectivity index (χ2v) is 5.71. The van der Waals surface area contributed by atoms with E-state index in [2.05, 4.69) is 15.3 Å². The van der Waals surface area contributed by atoms with Crippen molar-refractivity contribution >= 4 is 39.8 Å². The van der Waals surface area contributed by atoms with E-state index in [1.54, 1.807) is 18.3 Å². The number of ketones is 1. The van der Waals surface area contributed by atoms with Crippen LogP contribution < -0.4 is 5.32 Å². The van der Waals surface area contributed by atoms with E-state index in [0.717, 1.165) is 10.8 Å². The quantitative estimate of drug-likeness (QED) is 0.736. The van der Waals surface area contributed by atoms with Gasteiger partial charge >= 0.3 is 0 Å². The summed E-state index contributed by atoms with van der Waals surface area (Å²) in [7, 11) is 0. The Kier molecular flexibility index (Phi) is 4.53. The Bertz CT molecular complexity index is 935. The van der Waals surface area contributed by atoms with Crippen LogP contribution in [0.25, 0.3) is 10.8 Å². The Morgan fingerprint density at radius 2 is 1.92 bits per heavy atom. The minimum Gasteiger partial charge on any atom is -0.318 e. The number of carbonyl (C=O) groups excluding carboxylic acids is 2. The van der Waals surface area contributed by atoms with Crippen LogP contribution in [-0.2, 0) is 11.2 Å². The first kappa shape index (κ1) is 16.1. The van der Waals surface area contributed by atoms with Gasteiger partial charge in [-0.3, -0.25) is 14.6 Å². The molecule has 0 bridgehead atoms. The van der Waals surface area contributed by atoms with Gasteiger partial charge in [0.25, 0.3) is 5.91 Å². The van der Waals surface area contributed by atoms with E-state index in [1.807, 2.05) is 30.3 Å². The van der Waals surface area contributed by atoms with Crippen LogP contribution in [0.3, 0.4) is 0 Å². The number of Topliss-reactive ketones (excluding diaryl/α,β-unsaturated/α-hetero) is 1. The standard InChI is InChI=1S/C18H14ClN3O2/c1-11(23)10-13-6-7-15(17(19)21-13)22-18(24)16-14-5-3-2-4-12(14)8-9-20-16/h2-9H,10H2,1H3,(H,22,24). The van der Waals surface area contributed by atoms with Crippen LogP contribution in [0, 0.1) is 0 Å². The van der Waals surface area contributed by atoms with E-state index in [9.17, 15) is 9.59 Å². The number of halogens is 1. The number of hydrogen-bond acceptors (Lipinski definition) is 4. The number of anilines is 1. The highest BCUT2D eigenvalue weighted by atomic mass is 35.5. The van der Waals surface area contributed by atoms with Gasteiger partial charge in [-0.2, -0.15) is 0 Å². The molecule has 0 fully saturated rings. The normalized spacial score (nSPS) is 10.6. The molecule has 3 aromatic rings. The molecule has 6 heteroatoms. The number of nitrogens with one attached hydrogen (secondary N) is 1. The summed E-state index contributed by atoms with van der Waals surface area (Å²) in [5, 5.41) is 4.55. The maximum absolute atomic E-state index is 12.5. The molecular formula is C18H14ClN3O2. The number of fused-ring (bicyclic) bond motifs is 1. The second-order valence-electron chi connectivity index (χ2n) is 5.35. The Morgan fingerprint density at radius 3 is 2.67 bits per heavy atom. The third kappa shape index (κ3) is 3.41. The molecule has 3 rings (SSSR count). The van der Waals surface area contributed by atoms with Gasteiger partial charge in [-0.25, -0.2) is 4.98 Å². The summed E-state index contributed by atoms with van der Waals surface area (Å²) in [4.78, 5) is 32.0. The van der Waals surface area contributed by atoms with Crippen LogP contribution >= 0.6 is 11.6 Å². The summed E-state index contributed by atoms with van der Waals surface area (Å²) >= 11 is 6.11. The van der Waals surface area contributed by atoms with Gasteiger partial charge < -0.3 is 5.32 Å². The third-order valence-electron chi connectivity index (χ3n) is 3.47. The largest absolute Gasteiger partial charge is 0.318 e. The van der Waals surface area contributed by atoms with Crippen LogP contribution in [0.4, 0.5) is 5.69 Å². The predicted molar refractivity (Wildman–Crippen MR) is 93.3 cm³/mol. The maximum atomic E-state index is 12.5. The minimum absolute atomic E-state index is 0.00434. The lowest BCUT2D eigenvalue weighted by molar-refractivity contribution is -0.116. The molecule has 1 amide bonds. The van der Waals surface area contributed by atoms with Gasteiger partial charge in [-0.1, -0.05) is 35.9 Å². The van der Waals surface area contributed by atoms with Crippen molar-refractivity contribution in [2.75, 3.05) is 5.32 Å². The summed E-state index contributed by atoms with van der Waals surface area (Å²) in [6.07, 6.45) is 1.80. The lowest BCUT2D eigenvalue weighted by atomic mass is 10.1. The molecule has 0 aliphatic carbocycles. The molecule has 1 N–H and O–H groups in total. The van der Waals surface area contributed by atoms with Gasteiger partial charge in [0.05, 0.1) is 5.69 Å². The van der Waals surface area contributed by atoms with Gasteiger partial charge in [0.15, 0.2) is 5.15 Å². The molecule has 2 heterocycles. The van der Waals surface area contributed by atoms with Crippen LogP contribution in [0.15, 0.2) is 48.7 Å². The number of aromatic nitrogens is 2. The molecule has 0 aliphatic rings. The fraction of sp³-hybridized carbons (Fsp3) is 0.111. The molecule has 0 aliphatic heterocycles. The van der Waals surface area contributed by atoms with Gasteiger partial charge in [0.2, 0.25) is 0 Å². The summed E-state index contributed by atoms with van der Waals surface area (Å²) in [5.74, 6) is -0.370. The number of hydrogen-bond donors (Lipinski definition) is 1. The average Bonchev–Trinajstić information content (AvgIpc) is 2.56. The highest BCUT2D eigenvalue weighted by Gasteiger charge is 2.14. The average molecular weight is 340 g/mol. The molecule has 0 spiro atoms. The lowest BCUT2D eigenvalue weighted by Crippen LogP contribution is -2.15. The first-order valence-electron chi connectivity index (χ1n) is 7.34. The van der Waals surface area contributed by atoms with Crippen LogP contribution in [0.1, 0.15) is 23.1 Å². The zero-order valence-corrected chi connectivity index (χ0v) is 13.7. The fourth-order valence-electron chi connectivity index (χ4n) is 2.40. The van der Waals surface area contributed by atoms with Crippen molar-refractivity contribution in [3.05, 3.63) is 65.2 Å². The van der Waals surface area contributed by atoms with E-state index in [1.165, 1.54) is 6.92 Å². The number of carbonyl (C=O) groups is 2. The molecule has 5 nitrogen and oxygen atoms in total. The Hall–Kier alpha value is -2.79. The number of pyridine rings is 2. The summed E-state index contributed by atoms with van der Waals surface area (Å²) in [6, 6.07) is 12.7. The number of amides is 1. The zero-order valence-electron chi connectivity index (χ0n) is 12.9. The molecule has 0 saturated heterocycles. The van der Waals surface area contributed by atoms with Crippen LogP contribution in [-0.4, -0.2) is 21.7 Å². The van der Waals surface area contributed by atoms with Gasteiger partial charge in [0.1, 0.15) is 11.5 Å². The third-order valence-corrected chi connectivity index (χ3v) is 3.76. The number of benzene rings is 1. The highest BCUT2D eigenvalue weighted by molar-refractivity contribution is 6.32. The van der Waals surface area contributed by atoms with E-state index in [0.29, 0.717) is 17.1 Å². The minimum atomic E-state index is -0.366. The maximum Gasteiger partial charge on any atom is 0.274 e. The summed E-state index contributed by atoms with van der Waals surface area (Å²) in [6.45, 7) is 1.48. The molecule has 1 aromatic carbocycles. The van der Waals surface area contributed by atoms with E-state index in [4.69, 9.17) is 11.6 Å². The van der Waals surface area contributed by atoms with E-state index in [-0.39, 0.29) is 23.3 Å². The van der Waals surface area contributed by atoms with Crippen molar-refractivity contribution in [1.82, 2.24) is 9.97 Å². The molecule has 0 saturated carbocycles. The lowest BCUT2D eigenvalue weighted by Gasteiger charge is -2.09. The molecule has 24 heavy (non-hydrogen) atoms. The molecule has 2 aromatic heterocycles. The Morgan fingerprint density at radius 1 is 1.12 bits per heavy atom. The SMILES string of the molecule is CC(=O)Cc1ccc(NC(=O)c2nccc3ccccc23)c(Cl)n1. The zero-order chi connectivity index (χ0) is 17.1. The first-order chi connectivity index (χ1) is 11.5. The molecule has 0 radical (unpaired) electrons. The molecular weight excluding hydrogens is 326 g/mol. The van der Waals surface area contributed by atoms with Crippen molar-refractivity contribution in [3.63, 3.8) is 0 Å². The Labute approximate surface area is 143 Å². The predicted octanol–water partition coefficient (Wildman–Crippen LogP) is 3.67. The fourth-order valence-corrected chi connectivity index (χ4v) is 2.62. The number of rotatable bonds is 4. The van der Waals surface area contributed by atoms with Crippen molar-refractivity contribution in [1.29, 1.82) is 0 Å². The van der Waals surface area contributed by atoms with E-state index >= 15 is 0 Å².